The summed E-state index contributed by atoms with van der Waals surface area (Å²) >= 11 is 0. The van der Waals surface area contributed by atoms with Crippen LogP contribution < -0.4 is 5.32 Å². The molecule has 0 atom stereocenters. The first-order valence-electron chi connectivity index (χ1n) is 5.78. The molecule has 1 amide bonds. The highest BCUT2D eigenvalue weighted by molar-refractivity contribution is 6.05. The number of pyridine rings is 1. The van der Waals surface area contributed by atoms with Crippen LogP contribution in [0, 0.1) is 6.92 Å². The third kappa shape index (κ3) is 2.92. The van der Waals surface area contributed by atoms with E-state index in [0.717, 1.165) is 5.56 Å². The molecule has 0 bridgehead atoms. The van der Waals surface area contributed by atoms with Crippen molar-refractivity contribution in [2.45, 2.75) is 6.92 Å². The number of carbonyl (C=O) groups is 2. The minimum atomic E-state index is -1.18. The van der Waals surface area contributed by atoms with Crippen LogP contribution in [0.25, 0.3) is 0 Å². The van der Waals surface area contributed by atoms with E-state index in [9.17, 15) is 14.7 Å². The predicted octanol–water partition coefficient (Wildman–Crippen LogP) is 2.05. The first-order chi connectivity index (χ1) is 9.47. The maximum absolute atomic E-state index is 12.0. The number of hydrogen-bond acceptors (Lipinski definition) is 4. The maximum Gasteiger partial charge on any atom is 0.354 e. The van der Waals surface area contributed by atoms with E-state index in [1.807, 2.05) is 0 Å². The van der Waals surface area contributed by atoms with Gasteiger partial charge >= 0.3 is 5.97 Å². The summed E-state index contributed by atoms with van der Waals surface area (Å²) in [6, 6.07) is 8.90. The number of aromatic nitrogens is 1. The topological polar surface area (TPSA) is 99.5 Å². The van der Waals surface area contributed by atoms with Crippen LogP contribution in [0.1, 0.15) is 26.4 Å². The Morgan fingerprint density at radius 3 is 2.65 bits per heavy atom. The van der Waals surface area contributed by atoms with Crippen molar-refractivity contribution in [3.8, 4) is 5.75 Å². The van der Waals surface area contributed by atoms with Gasteiger partial charge in [-0.3, -0.25) is 4.79 Å². The number of hydrogen-bond donors (Lipinski definition) is 3. The SMILES string of the molecule is Cc1ccc(O)c(C(=O)Nc2cccc(C(=O)O)n2)c1. The molecule has 0 fully saturated rings. The molecule has 1 heterocycles. The summed E-state index contributed by atoms with van der Waals surface area (Å²) in [5, 5.41) is 20.9. The zero-order valence-corrected chi connectivity index (χ0v) is 10.6. The number of aromatic carboxylic acids is 1. The van der Waals surface area contributed by atoms with Gasteiger partial charge in [-0.15, -0.1) is 0 Å². The minimum absolute atomic E-state index is 0.104. The molecular weight excluding hydrogens is 260 g/mol. The van der Waals surface area contributed by atoms with Crippen molar-refractivity contribution >= 4 is 17.7 Å². The van der Waals surface area contributed by atoms with Crippen LogP contribution in [0.3, 0.4) is 0 Å². The van der Waals surface area contributed by atoms with Crippen molar-refractivity contribution in [2.75, 3.05) is 5.32 Å². The molecule has 0 radical (unpaired) electrons. The number of anilines is 1. The first-order valence-corrected chi connectivity index (χ1v) is 5.78. The zero-order valence-electron chi connectivity index (χ0n) is 10.6. The van der Waals surface area contributed by atoms with Crippen molar-refractivity contribution in [3.63, 3.8) is 0 Å². The average molecular weight is 272 g/mol. The Morgan fingerprint density at radius 1 is 1.20 bits per heavy atom. The van der Waals surface area contributed by atoms with Gasteiger partial charge in [0.05, 0.1) is 5.56 Å². The summed E-state index contributed by atoms with van der Waals surface area (Å²) in [5.74, 6) is -1.78. The summed E-state index contributed by atoms with van der Waals surface area (Å²) in [7, 11) is 0. The fourth-order valence-corrected chi connectivity index (χ4v) is 1.64. The number of carboxylic acids is 1. The van der Waals surface area contributed by atoms with Crippen LogP contribution >= 0.6 is 0 Å². The molecule has 0 unspecified atom stereocenters. The summed E-state index contributed by atoms with van der Waals surface area (Å²) in [5.41, 5.74) is 0.754. The van der Waals surface area contributed by atoms with E-state index in [-0.39, 0.29) is 22.8 Å². The molecule has 6 nitrogen and oxygen atoms in total. The van der Waals surface area contributed by atoms with Crippen molar-refractivity contribution in [1.82, 2.24) is 4.98 Å². The van der Waals surface area contributed by atoms with Gasteiger partial charge in [0.15, 0.2) is 5.69 Å². The lowest BCUT2D eigenvalue weighted by molar-refractivity contribution is 0.0690. The Morgan fingerprint density at radius 2 is 1.95 bits per heavy atom. The highest BCUT2D eigenvalue weighted by atomic mass is 16.4. The van der Waals surface area contributed by atoms with Crippen LogP contribution in [0.5, 0.6) is 5.75 Å². The molecular formula is C14H12N2O4. The van der Waals surface area contributed by atoms with Crippen molar-refractivity contribution in [2.24, 2.45) is 0 Å². The molecule has 6 heteroatoms. The van der Waals surface area contributed by atoms with Crippen molar-refractivity contribution < 1.29 is 19.8 Å². The number of aryl methyl sites for hydroxylation is 1. The van der Waals surface area contributed by atoms with Crippen LogP contribution in [0.4, 0.5) is 5.82 Å². The number of carbonyl (C=O) groups excluding carboxylic acids is 1. The number of phenols is 1. The van der Waals surface area contributed by atoms with E-state index >= 15 is 0 Å². The highest BCUT2D eigenvalue weighted by Gasteiger charge is 2.13. The summed E-state index contributed by atoms with van der Waals surface area (Å²) in [6.45, 7) is 1.79. The Hall–Kier alpha value is -2.89. The van der Waals surface area contributed by atoms with Gasteiger partial charge < -0.3 is 15.5 Å². The first kappa shape index (κ1) is 13.5. The van der Waals surface area contributed by atoms with Gasteiger partial charge in [-0.2, -0.15) is 0 Å². The molecule has 20 heavy (non-hydrogen) atoms. The summed E-state index contributed by atoms with van der Waals surface area (Å²) < 4.78 is 0. The molecule has 2 rings (SSSR count). The number of phenolic OH excluding ortho intramolecular Hbond substituents is 1. The second-order valence-electron chi connectivity index (χ2n) is 4.19. The van der Waals surface area contributed by atoms with Gasteiger partial charge in [-0.1, -0.05) is 17.7 Å². The van der Waals surface area contributed by atoms with Crippen molar-refractivity contribution in [3.05, 3.63) is 53.2 Å². The average Bonchev–Trinajstić information content (AvgIpc) is 2.41. The van der Waals surface area contributed by atoms with E-state index in [4.69, 9.17) is 5.11 Å². The lowest BCUT2D eigenvalue weighted by Crippen LogP contribution is -2.14. The van der Waals surface area contributed by atoms with Gasteiger partial charge in [0.2, 0.25) is 0 Å². The quantitative estimate of drug-likeness (QED) is 0.794. The standard InChI is InChI=1S/C14H12N2O4/c1-8-5-6-11(17)9(7-8)13(18)16-12-4-2-3-10(15-12)14(19)20/h2-7,17H,1H3,(H,19,20)(H,15,16,18). The molecule has 102 valence electrons. The third-order valence-corrected chi connectivity index (χ3v) is 2.61. The van der Waals surface area contributed by atoms with Gasteiger partial charge in [0.1, 0.15) is 11.6 Å². The number of aromatic hydroxyl groups is 1. The Labute approximate surface area is 114 Å². The van der Waals surface area contributed by atoms with Crippen LogP contribution in [0.2, 0.25) is 0 Å². The molecule has 1 aromatic heterocycles. The lowest BCUT2D eigenvalue weighted by Gasteiger charge is -2.07. The highest BCUT2D eigenvalue weighted by Crippen LogP contribution is 2.19. The molecule has 3 N–H and O–H groups in total. The van der Waals surface area contributed by atoms with Gasteiger partial charge in [0.25, 0.3) is 5.91 Å². The Bertz CT molecular complexity index is 683. The molecule has 0 aliphatic rings. The smallest absolute Gasteiger partial charge is 0.354 e. The second kappa shape index (κ2) is 5.40. The van der Waals surface area contributed by atoms with E-state index in [2.05, 4.69) is 10.3 Å². The molecule has 0 saturated carbocycles. The minimum Gasteiger partial charge on any atom is -0.507 e. The van der Waals surface area contributed by atoms with Crippen molar-refractivity contribution in [1.29, 1.82) is 0 Å². The number of amides is 1. The van der Waals surface area contributed by atoms with Crippen LogP contribution in [0.15, 0.2) is 36.4 Å². The summed E-state index contributed by atoms with van der Waals surface area (Å²) in [6.07, 6.45) is 0. The normalized spacial score (nSPS) is 10.1. The molecule has 0 aliphatic carbocycles. The predicted molar refractivity (Wildman–Crippen MR) is 72.0 cm³/mol. The van der Waals surface area contributed by atoms with Crippen LogP contribution in [-0.2, 0) is 0 Å². The van der Waals surface area contributed by atoms with E-state index in [1.54, 1.807) is 13.0 Å². The monoisotopic (exact) mass is 272 g/mol. The fraction of sp³-hybridized carbons (Fsp3) is 0.0714. The van der Waals surface area contributed by atoms with E-state index in [0.29, 0.717) is 0 Å². The largest absolute Gasteiger partial charge is 0.507 e. The number of carboxylic acid groups (broad SMARTS) is 1. The Balaban J connectivity index is 2.25. The van der Waals surface area contributed by atoms with Gasteiger partial charge in [-0.25, -0.2) is 9.78 Å². The Kier molecular flexibility index (Phi) is 3.65. The third-order valence-electron chi connectivity index (χ3n) is 2.61. The molecule has 1 aromatic carbocycles. The van der Waals surface area contributed by atoms with E-state index < -0.39 is 11.9 Å². The molecule has 2 aromatic rings. The summed E-state index contributed by atoms with van der Waals surface area (Å²) in [4.78, 5) is 26.6. The maximum atomic E-state index is 12.0. The second-order valence-corrected chi connectivity index (χ2v) is 4.19. The fourth-order valence-electron chi connectivity index (χ4n) is 1.64. The molecule has 0 saturated heterocycles. The van der Waals surface area contributed by atoms with Gasteiger partial charge in [0, 0.05) is 0 Å². The zero-order chi connectivity index (χ0) is 14.7. The van der Waals surface area contributed by atoms with Gasteiger partial charge in [-0.05, 0) is 31.2 Å². The van der Waals surface area contributed by atoms with Crippen LogP contribution in [-0.4, -0.2) is 27.1 Å². The number of benzene rings is 1. The number of rotatable bonds is 3. The van der Waals surface area contributed by atoms with E-state index in [1.165, 1.54) is 30.3 Å². The number of nitrogens with one attached hydrogen (secondary N) is 1. The molecule has 0 aliphatic heterocycles. The lowest BCUT2D eigenvalue weighted by atomic mass is 10.1. The molecule has 0 spiro atoms. The number of nitrogens with zero attached hydrogens (tertiary/aromatic N) is 1.